The molecule has 1 aromatic carbocycles. The van der Waals surface area contributed by atoms with Gasteiger partial charge in [0, 0.05) is 18.4 Å². The van der Waals surface area contributed by atoms with Gasteiger partial charge in [0.05, 0.1) is 6.04 Å². The predicted molar refractivity (Wildman–Crippen MR) is 82.1 cm³/mol. The Bertz CT molecular complexity index is 694. The van der Waals surface area contributed by atoms with Crippen LogP contribution in [0.25, 0.3) is 0 Å². The molecule has 1 aromatic heterocycles. The van der Waals surface area contributed by atoms with Crippen molar-refractivity contribution in [3.8, 4) is 0 Å². The van der Waals surface area contributed by atoms with E-state index in [0.29, 0.717) is 5.56 Å². The van der Waals surface area contributed by atoms with Crippen LogP contribution in [0, 0.1) is 12.7 Å². The number of halogens is 1. The van der Waals surface area contributed by atoms with E-state index in [4.69, 9.17) is 0 Å². The smallest absolute Gasteiger partial charge is 0.293 e. The average Bonchev–Trinajstić information content (AvgIpc) is 2.43. The monoisotopic (exact) mass is 289 g/mol. The average molecular weight is 289 g/mol. The zero-order chi connectivity index (χ0) is 15.6. The second-order valence-corrected chi connectivity index (χ2v) is 5.46. The van der Waals surface area contributed by atoms with E-state index in [1.54, 1.807) is 30.0 Å². The SMILES string of the molecule is Cc1ccc(C(C)Nc2nccn(C(C)C)c2=O)cc1F. The largest absolute Gasteiger partial charge is 0.359 e. The molecule has 4 nitrogen and oxygen atoms in total. The molecule has 1 atom stereocenters. The highest BCUT2D eigenvalue weighted by molar-refractivity contribution is 5.37. The molecule has 1 heterocycles. The van der Waals surface area contributed by atoms with Crippen molar-refractivity contribution in [3.63, 3.8) is 0 Å². The highest BCUT2D eigenvalue weighted by Crippen LogP contribution is 2.19. The van der Waals surface area contributed by atoms with Gasteiger partial charge in [0.1, 0.15) is 5.82 Å². The number of anilines is 1. The number of aromatic nitrogens is 2. The third-order valence-electron chi connectivity index (χ3n) is 3.47. The van der Waals surface area contributed by atoms with Crippen molar-refractivity contribution >= 4 is 5.82 Å². The van der Waals surface area contributed by atoms with E-state index in [1.165, 1.54) is 6.07 Å². The first-order chi connectivity index (χ1) is 9.90. The van der Waals surface area contributed by atoms with Crippen molar-refractivity contribution in [2.24, 2.45) is 0 Å². The number of aryl methyl sites for hydroxylation is 1. The van der Waals surface area contributed by atoms with Gasteiger partial charge in [0.15, 0.2) is 5.82 Å². The van der Waals surface area contributed by atoms with Crippen LogP contribution in [0.4, 0.5) is 10.2 Å². The molecule has 21 heavy (non-hydrogen) atoms. The zero-order valence-electron chi connectivity index (χ0n) is 12.7. The lowest BCUT2D eigenvalue weighted by Gasteiger charge is -2.17. The number of hydrogen-bond acceptors (Lipinski definition) is 3. The Hall–Kier alpha value is -2.17. The highest BCUT2D eigenvalue weighted by Gasteiger charge is 2.12. The van der Waals surface area contributed by atoms with E-state index in [-0.39, 0.29) is 29.3 Å². The third kappa shape index (κ3) is 3.29. The normalized spacial score (nSPS) is 12.5. The Balaban J connectivity index is 2.27. The summed E-state index contributed by atoms with van der Waals surface area (Å²) in [5.74, 6) is 0.0291. The summed E-state index contributed by atoms with van der Waals surface area (Å²) in [6.45, 7) is 7.46. The molecule has 0 spiro atoms. The highest BCUT2D eigenvalue weighted by atomic mass is 19.1. The van der Waals surface area contributed by atoms with Crippen LogP contribution in [0.15, 0.2) is 35.4 Å². The second kappa shape index (κ2) is 6.08. The Kier molecular flexibility index (Phi) is 4.40. The summed E-state index contributed by atoms with van der Waals surface area (Å²) in [6, 6.07) is 4.92. The van der Waals surface area contributed by atoms with Crippen molar-refractivity contribution in [1.29, 1.82) is 0 Å². The number of nitrogens with one attached hydrogen (secondary N) is 1. The first-order valence-corrected chi connectivity index (χ1v) is 7.00. The lowest BCUT2D eigenvalue weighted by Crippen LogP contribution is -2.26. The van der Waals surface area contributed by atoms with Crippen molar-refractivity contribution in [3.05, 3.63) is 57.9 Å². The van der Waals surface area contributed by atoms with Crippen LogP contribution in [-0.4, -0.2) is 9.55 Å². The number of nitrogens with zero attached hydrogens (tertiary/aromatic N) is 2. The van der Waals surface area contributed by atoms with E-state index in [9.17, 15) is 9.18 Å². The molecule has 0 aliphatic carbocycles. The maximum absolute atomic E-state index is 13.6. The first kappa shape index (κ1) is 15.2. The molecule has 2 aromatic rings. The molecule has 0 aliphatic heterocycles. The van der Waals surface area contributed by atoms with Gasteiger partial charge in [0.25, 0.3) is 5.56 Å². The third-order valence-corrected chi connectivity index (χ3v) is 3.47. The summed E-state index contributed by atoms with van der Waals surface area (Å²) in [5.41, 5.74) is 1.21. The maximum atomic E-state index is 13.6. The molecule has 2 rings (SSSR count). The van der Waals surface area contributed by atoms with Crippen LogP contribution in [0.1, 0.15) is 44.0 Å². The summed E-state index contributed by atoms with van der Waals surface area (Å²) >= 11 is 0. The van der Waals surface area contributed by atoms with Crippen LogP contribution >= 0.6 is 0 Å². The second-order valence-electron chi connectivity index (χ2n) is 5.46. The van der Waals surface area contributed by atoms with Gasteiger partial charge in [-0.25, -0.2) is 9.37 Å². The van der Waals surface area contributed by atoms with E-state index in [0.717, 1.165) is 5.56 Å². The lowest BCUT2D eigenvalue weighted by atomic mass is 10.1. The Morgan fingerprint density at radius 3 is 2.62 bits per heavy atom. The number of benzene rings is 1. The molecule has 0 saturated carbocycles. The summed E-state index contributed by atoms with van der Waals surface area (Å²) in [4.78, 5) is 16.4. The molecule has 0 amide bonds. The van der Waals surface area contributed by atoms with Crippen molar-refractivity contribution in [2.75, 3.05) is 5.32 Å². The maximum Gasteiger partial charge on any atom is 0.293 e. The molecule has 0 radical (unpaired) electrons. The van der Waals surface area contributed by atoms with Gasteiger partial charge in [-0.15, -0.1) is 0 Å². The fourth-order valence-corrected chi connectivity index (χ4v) is 2.10. The summed E-state index contributed by atoms with van der Waals surface area (Å²) < 4.78 is 15.2. The minimum absolute atomic E-state index is 0.0631. The fraction of sp³-hybridized carbons (Fsp3) is 0.375. The zero-order valence-corrected chi connectivity index (χ0v) is 12.7. The summed E-state index contributed by atoms with van der Waals surface area (Å²) in [5, 5.41) is 3.06. The standard InChI is InChI=1S/C16H20FN3O/c1-10(2)20-8-7-18-15(16(20)21)19-12(4)13-6-5-11(3)14(17)9-13/h5-10,12H,1-4H3,(H,18,19). The molecular formula is C16H20FN3O. The molecule has 5 heteroatoms. The van der Waals surface area contributed by atoms with Gasteiger partial charge >= 0.3 is 0 Å². The van der Waals surface area contributed by atoms with Gasteiger partial charge in [-0.1, -0.05) is 12.1 Å². The summed E-state index contributed by atoms with van der Waals surface area (Å²) in [7, 11) is 0. The topological polar surface area (TPSA) is 46.9 Å². The van der Waals surface area contributed by atoms with E-state index >= 15 is 0 Å². The van der Waals surface area contributed by atoms with Gasteiger partial charge in [0.2, 0.25) is 0 Å². The Labute approximate surface area is 123 Å². The lowest BCUT2D eigenvalue weighted by molar-refractivity contribution is 0.574. The van der Waals surface area contributed by atoms with Crippen LogP contribution in [0.2, 0.25) is 0 Å². The fourth-order valence-electron chi connectivity index (χ4n) is 2.10. The van der Waals surface area contributed by atoms with Gasteiger partial charge in [-0.2, -0.15) is 0 Å². The predicted octanol–water partition coefficient (Wildman–Crippen LogP) is 3.44. The van der Waals surface area contributed by atoms with Gasteiger partial charge < -0.3 is 9.88 Å². The van der Waals surface area contributed by atoms with E-state index in [1.807, 2.05) is 26.8 Å². The van der Waals surface area contributed by atoms with Crippen LogP contribution in [-0.2, 0) is 0 Å². The van der Waals surface area contributed by atoms with E-state index < -0.39 is 0 Å². The molecule has 1 N–H and O–H groups in total. The minimum atomic E-state index is -0.248. The van der Waals surface area contributed by atoms with Gasteiger partial charge in [-0.3, -0.25) is 4.79 Å². The Morgan fingerprint density at radius 2 is 2.00 bits per heavy atom. The molecule has 0 bridgehead atoms. The molecule has 0 saturated heterocycles. The summed E-state index contributed by atoms with van der Waals surface area (Å²) in [6.07, 6.45) is 3.25. The number of hydrogen-bond donors (Lipinski definition) is 1. The van der Waals surface area contributed by atoms with Crippen LogP contribution in [0.5, 0.6) is 0 Å². The Morgan fingerprint density at radius 1 is 1.29 bits per heavy atom. The van der Waals surface area contributed by atoms with Crippen LogP contribution < -0.4 is 10.9 Å². The van der Waals surface area contributed by atoms with Crippen molar-refractivity contribution < 1.29 is 4.39 Å². The minimum Gasteiger partial charge on any atom is -0.359 e. The van der Waals surface area contributed by atoms with Gasteiger partial charge in [-0.05, 0) is 44.9 Å². The molecule has 1 unspecified atom stereocenters. The quantitative estimate of drug-likeness (QED) is 0.937. The molecule has 112 valence electrons. The molecular weight excluding hydrogens is 269 g/mol. The first-order valence-electron chi connectivity index (χ1n) is 7.00. The molecule has 0 aliphatic rings. The molecule has 0 fully saturated rings. The van der Waals surface area contributed by atoms with E-state index in [2.05, 4.69) is 10.3 Å². The van der Waals surface area contributed by atoms with Crippen molar-refractivity contribution in [2.45, 2.75) is 39.8 Å². The van der Waals surface area contributed by atoms with Crippen LogP contribution in [0.3, 0.4) is 0 Å². The number of rotatable bonds is 4. The van der Waals surface area contributed by atoms with Crippen molar-refractivity contribution in [1.82, 2.24) is 9.55 Å².